The number of rotatable bonds is 2. The van der Waals surface area contributed by atoms with Crippen LogP contribution in [0.15, 0.2) is 0 Å². The first-order valence-corrected chi connectivity index (χ1v) is 5.78. The van der Waals surface area contributed by atoms with E-state index in [4.69, 9.17) is 21.7 Å². The first-order chi connectivity index (χ1) is 5.83. The smallest absolute Gasteiger partial charge is 0.219 e. The lowest BCUT2D eigenvalue weighted by molar-refractivity contribution is -0.0122. The van der Waals surface area contributed by atoms with E-state index < -0.39 is 0 Å². The quantitative estimate of drug-likeness (QED) is 0.645. The topological polar surface area (TPSA) is 18.5 Å². The molecule has 1 heterocycles. The molecule has 0 amide bonds. The molecule has 0 spiro atoms. The fraction of sp³-hybridized carbons (Fsp3) is 0.875. The highest BCUT2D eigenvalue weighted by Gasteiger charge is 2.14. The van der Waals surface area contributed by atoms with Crippen molar-refractivity contribution in [1.82, 2.24) is 0 Å². The lowest BCUT2D eigenvalue weighted by Gasteiger charge is -2.22. The van der Waals surface area contributed by atoms with Gasteiger partial charge < -0.3 is 9.47 Å². The van der Waals surface area contributed by atoms with Crippen LogP contribution >= 0.6 is 24.0 Å². The second-order valence-electron chi connectivity index (χ2n) is 2.75. The molecule has 1 aliphatic rings. The third kappa shape index (κ3) is 3.74. The molecule has 1 rings (SSSR count). The van der Waals surface area contributed by atoms with E-state index in [0.717, 1.165) is 13.0 Å². The summed E-state index contributed by atoms with van der Waals surface area (Å²) in [6.45, 7) is 1.50. The second-order valence-corrected chi connectivity index (χ2v) is 4.16. The van der Waals surface area contributed by atoms with Gasteiger partial charge in [0.2, 0.25) is 4.38 Å². The SMILES string of the molecule is CSC(=S)OCC1CCCCO1. The zero-order valence-electron chi connectivity index (χ0n) is 7.25. The van der Waals surface area contributed by atoms with Gasteiger partial charge in [-0.3, -0.25) is 0 Å². The van der Waals surface area contributed by atoms with Crippen molar-refractivity contribution < 1.29 is 9.47 Å². The lowest BCUT2D eigenvalue weighted by Crippen LogP contribution is -2.24. The Hall–Kier alpha value is 0.200. The van der Waals surface area contributed by atoms with Gasteiger partial charge in [0.25, 0.3) is 0 Å². The summed E-state index contributed by atoms with van der Waals surface area (Å²) in [7, 11) is 0. The van der Waals surface area contributed by atoms with Crippen molar-refractivity contribution >= 4 is 28.4 Å². The number of hydrogen-bond donors (Lipinski definition) is 0. The van der Waals surface area contributed by atoms with Gasteiger partial charge in [-0.25, -0.2) is 0 Å². The summed E-state index contributed by atoms with van der Waals surface area (Å²) in [5, 5.41) is 0. The Morgan fingerprint density at radius 1 is 1.67 bits per heavy atom. The minimum Gasteiger partial charge on any atom is -0.476 e. The van der Waals surface area contributed by atoms with Crippen LogP contribution in [0.5, 0.6) is 0 Å². The minimum absolute atomic E-state index is 0.267. The Balaban J connectivity index is 2.09. The van der Waals surface area contributed by atoms with E-state index in [1.165, 1.54) is 24.6 Å². The van der Waals surface area contributed by atoms with Crippen molar-refractivity contribution in [3.8, 4) is 0 Å². The predicted molar refractivity (Wildman–Crippen MR) is 55.7 cm³/mol. The predicted octanol–water partition coefficient (Wildman–Crippen LogP) is 2.22. The van der Waals surface area contributed by atoms with Crippen LogP contribution in [-0.2, 0) is 9.47 Å². The third-order valence-electron chi connectivity index (χ3n) is 1.83. The van der Waals surface area contributed by atoms with E-state index in [1.807, 2.05) is 6.26 Å². The van der Waals surface area contributed by atoms with Crippen LogP contribution in [-0.4, -0.2) is 30.0 Å². The molecule has 0 aliphatic carbocycles. The van der Waals surface area contributed by atoms with E-state index in [2.05, 4.69) is 0 Å². The highest BCUT2D eigenvalue weighted by molar-refractivity contribution is 8.22. The average Bonchev–Trinajstić information content (AvgIpc) is 2.16. The third-order valence-corrected chi connectivity index (χ3v) is 2.90. The molecular formula is C8H14O2S2. The molecule has 0 saturated carbocycles. The van der Waals surface area contributed by atoms with Gasteiger partial charge in [0.1, 0.15) is 6.61 Å². The molecule has 1 unspecified atom stereocenters. The highest BCUT2D eigenvalue weighted by Crippen LogP contribution is 2.13. The van der Waals surface area contributed by atoms with Crippen LogP contribution in [0.1, 0.15) is 19.3 Å². The Bertz CT molecular complexity index is 144. The largest absolute Gasteiger partial charge is 0.476 e. The molecular weight excluding hydrogens is 192 g/mol. The number of thioether (sulfide) groups is 1. The van der Waals surface area contributed by atoms with E-state index in [9.17, 15) is 0 Å². The number of thiocarbonyl (C=S) groups is 1. The van der Waals surface area contributed by atoms with E-state index in [0.29, 0.717) is 11.0 Å². The summed E-state index contributed by atoms with van der Waals surface area (Å²) in [5.41, 5.74) is 0. The lowest BCUT2D eigenvalue weighted by atomic mass is 10.1. The maximum Gasteiger partial charge on any atom is 0.219 e. The normalized spacial score (nSPS) is 23.6. The first-order valence-electron chi connectivity index (χ1n) is 4.15. The first kappa shape index (κ1) is 10.3. The van der Waals surface area contributed by atoms with Crippen molar-refractivity contribution in [2.75, 3.05) is 19.5 Å². The van der Waals surface area contributed by atoms with Crippen LogP contribution in [0.2, 0.25) is 0 Å². The fourth-order valence-electron chi connectivity index (χ4n) is 1.16. The van der Waals surface area contributed by atoms with Gasteiger partial charge in [0.05, 0.1) is 6.10 Å². The molecule has 2 nitrogen and oxygen atoms in total. The van der Waals surface area contributed by atoms with Crippen molar-refractivity contribution in [2.24, 2.45) is 0 Å². The van der Waals surface area contributed by atoms with Crippen molar-refractivity contribution in [3.63, 3.8) is 0 Å². The molecule has 0 aromatic carbocycles. The van der Waals surface area contributed by atoms with Gasteiger partial charge >= 0.3 is 0 Å². The van der Waals surface area contributed by atoms with Crippen molar-refractivity contribution in [2.45, 2.75) is 25.4 Å². The maximum absolute atomic E-state index is 5.48. The summed E-state index contributed by atoms with van der Waals surface area (Å²) >= 11 is 6.38. The molecule has 0 radical (unpaired) electrons. The molecule has 1 atom stereocenters. The molecule has 70 valence electrons. The van der Waals surface area contributed by atoms with Crippen LogP contribution < -0.4 is 0 Å². The Morgan fingerprint density at radius 2 is 2.50 bits per heavy atom. The van der Waals surface area contributed by atoms with E-state index in [-0.39, 0.29) is 6.10 Å². The van der Waals surface area contributed by atoms with Crippen LogP contribution in [0.4, 0.5) is 0 Å². The molecule has 0 bridgehead atoms. The number of hydrogen-bond acceptors (Lipinski definition) is 4. The van der Waals surface area contributed by atoms with Gasteiger partial charge in [-0.05, 0) is 37.7 Å². The molecule has 12 heavy (non-hydrogen) atoms. The van der Waals surface area contributed by atoms with E-state index in [1.54, 1.807) is 0 Å². The average molecular weight is 206 g/mol. The molecule has 1 fully saturated rings. The molecule has 0 N–H and O–H groups in total. The molecule has 0 aromatic heterocycles. The standard InChI is InChI=1S/C8H14O2S2/c1-12-8(11)10-6-7-4-2-3-5-9-7/h7H,2-6H2,1H3. The fourth-order valence-corrected chi connectivity index (χ4v) is 1.41. The highest BCUT2D eigenvalue weighted by atomic mass is 32.2. The van der Waals surface area contributed by atoms with Crippen LogP contribution in [0.3, 0.4) is 0 Å². The Labute approximate surface area is 83.0 Å². The Kier molecular flexibility index (Phi) is 4.95. The zero-order chi connectivity index (χ0) is 8.81. The van der Waals surface area contributed by atoms with Crippen LogP contribution in [0.25, 0.3) is 0 Å². The van der Waals surface area contributed by atoms with Gasteiger partial charge in [-0.1, -0.05) is 11.8 Å². The van der Waals surface area contributed by atoms with Crippen molar-refractivity contribution in [1.29, 1.82) is 0 Å². The van der Waals surface area contributed by atoms with Crippen LogP contribution in [0, 0.1) is 0 Å². The summed E-state index contributed by atoms with van der Waals surface area (Å²) in [5.74, 6) is 0. The number of ether oxygens (including phenoxy) is 2. The molecule has 4 heteroatoms. The second kappa shape index (κ2) is 5.78. The summed E-state index contributed by atoms with van der Waals surface area (Å²) in [6.07, 6.45) is 5.73. The monoisotopic (exact) mass is 206 g/mol. The van der Waals surface area contributed by atoms with E-state index >= 15 is 0 Å². The van der Waals surface area contributed by atoms with Gasteiger partial charge in [0, 0.05) is 6.61 Å². The summed E-state index contributed by atoms with van der Waals surface area (Å²) in [6, 6.07) is 0. The van der Waals surface area contributed by atoms with Gasteiger partial charge in [0.15, 0.2) is 0 Å². The zero-order valence-corrected chi connectivity index (χ0v) is 8.88. The molecule has 1 saturated heterocycles. The molecule has 0 aromatic rings. The minimum atomic E-state index is 0.267. The van der Waals surface area contributed by atoms with Gasteiger partial charge in [-0.2, -0.15) is 0 Å². The Morgan fingerprint density at radius 3 is 3.08 bits per heavy atom. The maximum atomic E-state index is 5.48. The van der Waals surface area contributed by atoms with Gasteiger partial charge in [-0.15, -0.1) is 0 Å². The molecule has 1 aliphatic heterocycles. The van der Waals surface area contributed by atoms with Crippen molar-refractivity contribution in [3.05, 3.63) is 0 Å². The summed E-state index contributed by atoms with van der Waals surface area (Å²) in [4.78, 5) is 0. The summed E-state index contributed by atoms with van der Waals surface area (Å²) < 4.78 is 11.4.